The number of hydrogen-bond donors (Lipinski definition) is 2. The number of hydrogen-bond acceptors (Lipinski definition) is 4. The topological polar surface area (TPSA) is 64.2 Å². The quantitative estimate of drug-likeness (QED) is 0.787. The summed E-state index contributed by atoms with van der Waals surface area (Å²) in [6.45, 7) is 6.66. The standard InChI is InChI=1S/C15H27NO2S/c1-4-15(2,3)12-6-5-11(8-16)14(7-12)19-10-13(18)9-17/h11-14,17-18H,4-7,9-10H2,1-3H3. The van der Waals surface area contributed by atoms with Gasteiger partial charge in [0.05, 0.1) is 24.7 Å². The van der Waals surface area contributed by atoms with Crippen molar-refractivity contribution in [3.63, 3.8) is 0 Å². The number of nitriles is 1. The van der Waals surface area contributed by atoms with Gasteiger partial charge in [-0.15, -0.1) is 0 Å². The van der Waals surface area contributed by atoms with Gasteiger partial charge in [-0.1, -0.05) is 27.2 Å². The van der Waals surface area contributed by atoms with E-state index in [1.165, 1.54) is 0 Å². The van der Waals surface area contributed by atoms with Crippen molar-refractivity contribution < 1.29 is 10.2 Å². The highest BCUT2D eigenvalue weighted by molar-refractivity contribution is 7.99. The highest BCUT2D eigenvalue weighted by Crippen LogP contribution is 2.45. The normalized spacial score (nSPS) is 29.8. The second kappa shape index (κ2) is 7.52. The first kappa shape index (κ1) is 16.8. The SMILES string of the molecule is CCC(C)(C)C1CCC(C#N)C(SCC(O)CO)C1. The van der Waals surface area contributed by atoms with Crippen molar-refractivity contribution in [1.29, 1.82) is 5.26 Å². The fourth-order valence-electron chi connectivity index (χ4n) is 2.75. The molecule has 0 aliphatic heterocycles. The third-order valence-electron chi connectivity index (χ3n) is 4.69. The molecule has 4 atom stereocenters. The van der Waals surface area contributed by atoms with Crippen LogP contribution < -0.4 is 0 Å². The van der Waals surface area contributed by atoms with Crippen molar-refractivity contribution in [3.8, 4) is 6.07 Å². The summed E-state index contributed by atoms with van der Waals surface area (Å²) in [5, 5.41) is 27.9. The van der Waals surface area contributed by atoms with Crippen LogP contribution in [0.2, 0.25) is 0 Å². The van der Waals surface area contributed by atoms with Gasteiger partial charge in [-0.25, -0.2) is 0 Å². The Balaban J connectivity index is 2.61. The molecule has 1 aliphatic carbocycles. The monoisotopic (exact) mass is 285 g/mol. The van der Waals surface area contributed by atoms with Gasteiger partial charge in [0, 0.05) is 11.0 Å². The van der Waals surface area contributed by atoms with Crippen LogP contribution in [-0.2, 0) is 0 Å². The summed E-state index contributed by atoms with van der Waals surface area (Å²) >= 11 is 1.66. The smallest absolute Gasteiger partial charge is 0.0861 e. The van der Waals surface area contributed by atoms with Crippen LogP contribution in [0.25, 0.3) is 0 Å². The number of aliphatic hydroxyl groups is 2. The molecule has 0 aromatic carbocycles. The molecule has 0 saturated heterocycles. The van der Waals surface area contributed by atoms with E-state index in [0.717, 1.165) is 25.7 Å². The van der Waals surface area contributed by atoms with E-state index in [9.17, 15) is 10.4 Å². The minimum absolute atomic E-state index is 0.0970. The lowest BCUT2D eigenvalue weighted by molar-refractivity contribution is 0.113. The second-order valence-electron chi connectivity index (χ2n) is 6.30. The van der Waals surface area contributed by atoms with Gasteiger partial charge in [0.2, 0.25) is 0 Å². The predicted octanol–water partition coefficient (Wildman–Crippen LogP) is 2.82. The zero-order chi connectivity index (χ0) is 14.5. The Kier molecular flexibility index (Phi) is 6.65. The molecule has 0 aromatic heterocycles. The lowest BCUT2D eigenvalue weighted by Crippen LogP contribution is -2.35. The van der Waals surface area contributed by atoms with Crippen LogP contribution in [0.1, 0.15) is 46.5 Å². The van der Waals surface area contributed by atoms with Crippen LogP contribution in [0.15, 0.2) is 0 Å². The lowest BCUT2D eigenvalue weighted by Gasteiger charge is -2.41. The van der Waals surface area contributed by atoms with Crippen LogP contribution in [0.3, 0.4) is 0 Å². The third kappa shape index (κ3) is 4.66. The van der Waals surface area contributed by atoms with Crippen molar-refractivity contribution in [1.82, 2.24) is 0 Å². The maximum absolute atomic E-state index is 9.47. The summed E-state index contributed by atoms with van der Waals surface area (Å²) in [4.78, 5) is 0. The molecular weight excluding hydrogens is 258 g/mol. The minimum Gasteiger partial charge on any atom is -0.394 e. The van der Waals surface area contributed by atoms with Crippen LogP contribution in [0.5, 0.6) is 0 Å². The Bertz CT molecular complexity index is 314. The van der Waals surface area contributed by atoms with E-state index in [1.54, 1.807) is 11.8 Å². The van der Waals surface area contributed by atoms with Crippen molar-refractivity contribution in [3.05, 3.63) is 0 Å². The molecule has 19 heavy (non-hydrogen) atoms. The molecule has 0 amide bonds. The molecule has 4 heteroatoms. The molecule has 0 aromatic rings. The van der Waals surface area contributed by atoms with Gasteiger partial charge in [-0.3, -0.25) is 0 Å². The summed E-state index contributed by atoms with van der Waals surface area (Å²) in [6.07, 6.45) is 3.66. The third-order valence-corrected chi connectivity index (χ3v) is 6.21. The number of thioether (sulfide) groups is 1. The summed E-state index contributed by atoms with van der Waals surface area (Å²) in [5.41, 5.74) is 0.328. The molecule has 0 radical (unpaired) electrons. The first-order valence-electron chi connectivity index (χ1n) is 7.24. The molecule has 0 heterocycles. The Hall–Kier alpha value is -0.240. The molecule has 110 valence electrons. The van der Waals surface area contributed by atoms with Crippen molar-refractivity contribution in [2.45, 2.75) is 57.8 Å². The van der Waals surface area contributed by atoms with Gasteiger partial charge in [-0.05, 0) is 30.6 Å². The molecule has 1 saturated carbocycles. The van der Waals surface area contributed by atoms with E-state index < -0.39 is 6.10 Å². The summed E-state index contributed by atoms with van der Waals surface area (Å²) < 4.78 is 0. The highest BCUT2D eigenvalue weighted by atomic mass is 32.2. The van der Waals surface area contributed by atoms with Crippen LogP contribution in [0.4, 0.5) is 0 Å². The molecule has 4 unspecified atom stereocenters. The van der Waals surface area contributed by atoms with Gasteiger partial charge in [-0.2, -0.15) is 17.0 Å². The van der Waals surface area contributed by atoms with E-state index in [1.807, 2.05) is 0 Å². The molecule has 1 rings (SSSR count). The second-order valence-corrected chi connectivity index (χ2v) is 7.57. The molecule has 0 spiro atoms. The molecule has 3 nitrogen and oxygen atoms in total. The first-order valence-corrected chi connectivity index (χ1v) is 8.29. The van der Waals surface area contributed by atoms with Gasteiger partial charge in [0.1, 0.15) is 0 Å². The average molecular weight is 285 g/mol. The number of rotatable bonds is 6. The largest absolute Gasteiger partial charge is 0.394 e. The minimum atomic E-state index is -0.663. The van der Waals surface area contributed by atoms with E-state index in [-0.39, 0.29) is 12.5 Å². The first-order chi connectivity index (χ1) is 8.94. The maximum Gasteiger partial charge on any atom is 0.0861 e. The van der Waals surface area contributed by atoms with Crippen LogP contribution >= 0.6 is 11.8 Å². The zero-order valence-corrected chi connectivity index (χ0v) is 13.1. The van der Waals surface area contributed by atoms with Gasteiger partial charge < -0.3 is 10.2 Å². The zero-order valence-electron chi connectivity index (χ0n) is 12.3. The fourth-order valence-corrected chi connectivity index (χ4v) is 4.12. The average Bonchev–Trinajstić information content (AvgIpc) is 2.44. The fraction of sp³-hybridized carbons (Fsp3) is 0.933. The van der Waals surface area contributed by atoms with E-state index >= 15 is 0 Å². The van der Waals surface area contributed by atoms with Crippen molar-refractivity contribution in [2.24, 2.45) is 17.3 Å². The predicted molar refractivity (Wildman–Crippen MR) is 79.9 cm³/mol. The molecule has 0 bridgehead atoms. The van der Waals surface area contributed by atoms with Gasteiger partial charge in [0.15, 0.2) is 0 Å². The molecular formula is C15H27NO2S. The number of aliphatic hydroxyl groups excluding tert-OH is 2. The molecule has 2 N–H and O–H groups in total. The van der Waals surface area contributed by atoms with Crippen molar-refractivity contribution >= 4 is 11.8 Å². The maximum atomic E-state index is 9.47. The van der Waals surface area contributed by atoms with E-state index in [2.05, 4.69) is 26.8 Å². The molecule has 1 aliphatic rings. The summed E-state index contributed by atoms with van der Waals surface area (Å²) in [6, 6.07) is 2.42. The number of nitrogens with zero attached hydrogens (tertiary/aromatic N) is 1. The Morgan fingerprint density at radius 3 is 2.63 bits per heavy atom. The Morgan fingerprint density at radius 2 is 2.11 bits per heavy atom. The molecule has 1 fully saturated rings. The van der Waals surface area contributed by atoms with E-state index in [0.29, 0.717) is 22.3 Å². The van der Waals surface area contributed by atoms with E-state index in [4.69, 9.17) is 5.11 Å². The highest BCUT2D eigenvalue weighted by Gasteiger charge is 2.37. The summed E-state index contributed by atoms with van der Waals surface area (Å²) in [7, 11) is 0. The lowest BCUT2D eigenvalue weighted by atomic mass is 9.67. The Labute approximate surface area is 121 Å². The van der Waals surface area contributed by atoms with Crippen LogP contribution in [-0.4, -0.2) is 33.9 Å². The van der Waals surface area contributed by atoms with Gasteiger partial charge in [0.25, 0.3) is 0 Å². The van der Waals surface area contributed by atoms with Crippen molar-refractivity contribution in [2.75, 3.05) is 12.4 Å². The van der Waals surface area contributed by atoms with Gasteiger partial charge >= 0.3 is 0 Å². The summed E-state index contributed by atoms with van der Waals surface area (Å²) in [5.74, 6) is 1.28. The van der Waals surface area contributed by atoms with Crippen LogP contribution in [0, 0.1) is 28.6 Å². The Morgan fingerprint density at radius 1 is 1.42 bits per heavy atom.